The van der Waals surface area contributed by atoms with Gasteiger partial charge in [0.2, 0.25) is 5.91 Å². The number of para-hydroxylation sites is 1. The van der Waals surface area contributed by atoms with Crippen LogP contribution >= 0.6 is 0 Å². The van der Waals surface area contributed by atoms with E-state index in [4.69, 9.17) is 14.2 Å². The lowest BCUT2D eigenvalue weighted by molar-refractivity contribution is -0.135. The first-order valence-electron chi connectivity index (χ1n) is 9.19. The quantitative estimate of drug-likeness (QED) is 0.303. The fraction of sp³-hybridized carbons (Fsp3) is 0.550. The van der Waals surface area contributed by atoms with Crippen LogP contribution in [-0.2, 0) is 23.9 Å². The highest BCUT2D eigenvalue weighted by Gasteiger charge is 2.07. The predicted molar refractivity (Wildman–Crippen MR) is 100 cm³/mol. The molecule has 0 unspecified atom stereocenters. The summed E-state index contributed by atoms with van der Waals surface area (Å²) in [7, 11) is 0. The number of benzene rings is 1. The molecule has 0 aliphatic rings. The van der Waals surface area contributed by atoms with Crippen LogP contribution in [0.3, 0.4) is 0 Å². The van der Waals surface area contributed by atoms with Crippen molar-refractivity contribution in [1.29, 1.82) is 0 Å². The molecule has 0 bridgehead atoms. The number of ketones is 1. The van der Waals surface area contributed by atoms with Gasteiger partial charge in [-0.25, -0.2) is 0 Å². The first kappa shape index (κ1) is 22.8. The largest absolute Gasteiger partial charge is 0.426 e. The molecule has 27 heavy (non-hydrogen) atoms. The molecule has 1 amide bonds. The molecule has 7 nitrogen and oxygen atoms in total. The van der Waals surface area contributed by atoms with Crippen molar-refractivity contribution in [3.8, 4) is 5.75 Å². The van der Waals surface area contributed by atoms with Gasteiger partial charge in [-0.2, -0.15) is 0 Å². The van der Waals surface area contributed by atoms with Gasteiger partial charge in [-0.3, -0.25) is 14.4 Å². The molecule has 0 radical (unpaired) electrons. The van der Waals surface area contributed by atoms with E-state index in [-0.39, 0.29) is 49.6 Å². The second-order valence-corrected chi connectivity index (χ2v) is 6.23. The molecule has 0 saturated carbocycles. The Bertz CT molecular complexity index is 573. The summed E-state index contributed by atoms with van der Waals surface area (Å²) in [4.78, 5) is 34.6. The lowest BCUT2D eigenvalue weighted by atomic mass is 10.1. The predicted octanol–water partition coefficient (Wildman–Crippen LogP) is 2.14. The van der Waals surface area contributed by atoms with E-state index < -0.39 is 0 Å². The van der Waals surface area contributed by atoms with E-state index in [2.05, 4.69) is 5.32 Å². The highest BCUT2D eigenvalue weighted by atomic mass is 16.5. The van der Waals surface area contributed by atoms with Crippen LogP contribution in [-0.4, -0.2) is 50.6 Å². The van der Waals surface area contributed by atoms with Gasteiger partial charge in [-0.05, 0) is 12.1 Å². The van der Waals surface area contributed by atoms with Crippen LogP contribution < -0.4 is 10.1 Å². The molecule has 0 spiro atoms. The zero-order valence-corrected chi connectivity index (χ0v) is 16.1. The van der Waals surface area contributed by atoms with E-state index in [9.17, 15) is 14.4 Å². The topological polar surface area (TPSA) is 90.9 Å². The van der Waals surface area contributed by atoms with Crippen molar-refractivity contribution < 1.29 is 28.6 Å². The number of hydrogen-bond acceptors (Lipinski definition) is 6. The number of esters is 1. The Hall–Kier alpha value is -2.25. The van der Waals surface area contributed by atoms with Gasteiger partial charge in [0.05, 0.1) is 32.8 Å². The SMILES string of the molecule is CC(C)C(=O)CCOCCNC(=O)CCOCCC(=O)Oc1ccccc1. The summed E-state index contributed by atoms with van der Waals surface area (Å²) < 4.78 is 15.7. The molecule has 1 aromatic rings. The van der Waals surface area contributed by atoms with Crippen molar-refractivity contribution >= 4 is 17.7 Å². The number of carbonyl (C=O) groups excluding carboxylic acids is 3. The van der Waals surface area contributed by atoms with E-state index in [0.717, 1.165) is 0 Å². The van der Waals surface area contributed by atoms with Crippen LogP contribution in [0.5, 0.6) is 5.75 Å². The molecular weight excluding hydrogens is 350 g/mol. The van der Waals surface area contributed by atoms with Crippen LogP contribution in [0.25, 0.3) is 0 Å². The summed E-state index contributed by atoms with van der Waals surface area (Å²) in [5, 5.41) is 2.71. The summed E-state index contributed by atoms with van der Waals surface area (Å²) in [6, 6.07) is 8.82. The molecule has 0 aliphatic heterocycles. The maximum Gasteiger partial charge on any atom is 0.313 e. The summed E-state index contributed by atoms with van der Waals surface area (Å²) >= 11 is 0. The van der Waals surface area contributed by atoms with Crippen LogP contribution in [0.2, 0.25) is 0 Å². The van der Waals surface area contributed by atoms with Gasteiger partial charge in [-0.1, -0.05) is 32.0 Å². The van der Waals surface area contributed by atoms with Crippen molar-refractivity contribution in [2.45, 2.75) is 33.1 Å². The van der Waals surface area contributed by atoms with Crippen LogP contribution in [0.4, 0.5) is 0 Å². The van der Waals surface area contributed by atoms with Gasteiger partial charge in [-0.15, -0.1) is 0 Å². The van der Waals surface area contributed by atoms with Crippen molar-refractivity contribution in [3.05, 3.63) is 30.3 Å². The molecule has 150 valence electrons. The van der Waals surface area contributed by atoms with E-state index in [1.165, 1.54) is 0 Å². The second-order valence-electron chi connectivity index (χ2n) is 6.23. The highest BCUT2D eigenvalue weighted by molar-refractivity contribution is 5.80. The minimum Gasteiger partial charge on any atom is -0.426 e. The Labute approximate surface area is 160 Å². The molecule has 1 rings (SSSR count). The zero-order chi connectivity index (χ0) is 19.9. The van der Waals surface area contributed by atoms with Crippen LogP contribution in [0.1, 0.15) is 33.1 Å². The third-order valence-electron chi connectivity index (χ3n) is 3.60. The van der Waals surface area contributed by atoms with Gasteiger partial charge < -0.3 is 19.5 Å². The summed E-state index contributed by atoms with van der Waals surface area (Å²) in [6.07, 6.45) is 0.727. The molecule has 7 heteroatoms. The summed E-state index contributed by atoms with van der Waals surface area (Å²) in [5.74, 6) is 0.164. The lowest BCUT2D eigenvalue weighted by Gasteiger charge is -2.08. The first-order chi connectivity index (χ1) is 13.0. The maximum absolute atomic E-state index is 11.6. The molecule has 0 aromatic heterocycles. The molecule has 0 aliphatic carbocycles. The van der Waals surface area contributed by atoms with Crippen LogP contribution in [0.15, 0.2) is 30.3 Å². The monoisotopic (exact) mass is 379 g/mol. The Morgan fingerprint density at radius 1 is 0.889 bits per heavy atom. The average Bonchev–Trinajstić information content (AvgIpc) is 2.64. The Morgan fingerprint density at radius 3 is 2.22 bits per heavy atom. The zero-order valence-electron chi connectivity index (χ0n) is 16.1. The van der Waals surface area contributed by atoms with E-state index >= 15 is 0 Å². The van der Waals surface area contributed by atoms with Crippen molar-refractivity contribution in [3.63, 3.8) is 0 Å². The highest BCUT2D eigenvalue weighted by Crippen LogP contribution is 2.09. The maximum atomic E-state index is 11.6. The number of carbonyl (C=O) groups is 3. The normalized spacial score (nSPS) is 10.6. The van der Waals surface area contributed by atoms with E-state index in [1.54, 1.807) is 24.3 Å². The molecule has 0 atom stereocenters. The third kappa shape index (κ3) is 11.9. The van der Waals surface area contributed by atoms with Crippen molar-refractivity contribution in [2.24, 2.45) is 5.92 Å². The average molecular weight is 379 g/mol. The summed E-state index contributed by atoms with van der Waals surface area (Å²) in [6.45, 7) is 5.27. The van der Waals surface area contributed by atoms with Gasteiger partial charge >= 0.3 is 5.97 Å². The van der Waals surface area contributed by atoms with E-state index in [0.29, 0.717) is 31.9 Å². The van der Waals surface area contributed by atoms with Crippen molar-refractivity contribution in [1.82, 2.24) is 5.32 Å². The smallest absolute Gasteiger partial charge is 0.313 e. The Balaban J connectivity index is 1.93. The fourth-order valence-corrected chi connectivity index (χ4v) is 2.01. The van der Waals surface area contributed by atoms with Gasteiger partial charge in [0.15, 0.2) is 0 Å². The molecular formula is C20H29NO6. The van der Waals surface area contributed by atoms with Gasteiger partial charge in [0.25, 0.3) is 0 Å². The molecule has 0 fully saturated rings. The van der Waals surface area contributed by atoms with Gasteiger partial charge in [0, 0.05) is 25.3 Å². The fourth-order valence-electron chi connectivity index (χ4n) is 2.01. The Morgan fingerprint density at radius 2 is 1.52 bits per heavy atom. The van der Waals surface area contributed by atoms with Crippen molar-refractivity contribution in [2.75, 3.05) is 33.0 Å². The Kier molecular flexibility index (Phi) is 11.7. The standard InChI is InChI=1S/C20H29NO6/c1-16(2)18(22)8-12-26-15-11-21-19(23)9-13-25-14-10-20(24)27-17-6-4-3-5-7-17/h3-7,16H,8-15H2,1-2H3,(H,21,23). The molecule has 1 N–H and O–H groups in total. The van der Waals surface area contributed by atoms with Crippen LogP contribution in [0, 0.1) is 5.92 Å². The number of hydrogen-bond donors (Lipinski definition) is 1. The number of rotatable bonds is 14. The second kappa shape index (κ2) is 13.9. The number of ether oxygens (including phenoxy) is 3. The lowest BCUT2D eigenvalue weighted by Crippen LogP contribution is -2.28. The first-order valence-corrected chi connectivity index (χ1v) is 9.19. The minimum atomic E-state index is -0.376. The number of amides is 1. The molecule has 1 aromatic carbocycles. The minimum absolute atomic E-state index is 0.0218. The molecule has 0 saturated heterocycles. The molecule has 0 heterocycles. The number of Topliss-reactive ketones (excluding diaryl/α,β-unsaturated/α-hetero) is 1. The van der Waals surface area contributed by atoms with Gasteiger partial charge in [0.1, 0.15) is 11.5 Å². The summed E-state index contributed by atoms with van der Waals surface area (Å²) in [5.41, 5.74) is 0. The van der Waals surface area contributed by atoms with E-state index in [1.807, 2.05) is 19.9 Å². The number of nitrogens with one attached hydrogen (secondary N) is 1. The third-order valence-corrected chi connectivity index (χ3v) is 3.60.